The van der Waals surface area contributed by atoms with E-state index in [-0.39, 0.29) is 5.91 Å². The zero-order chi connectivity index (χ0) is 15.4. The van der Waals surface area contributed by atoms with Crippen molar-refractivity contribution in [3.63, 3.8) is 0 Å². The summed E-state index contributed by atoms with van der Waals surface area (Å²) in [6, 6.07) is 3.62. The predicted molar refractivity (Wildman–Crippen MR) is 83.3 cm³/mol. The number of aryl methyl sites for hydroxylation is 1. The summed E-state index contributed by atoms with van der Waals surface area (Å²) in [6.45, 7) is 7.18. The Hall–Kier alpha value is -2.21. The van der Waals surface area contributed by atoms with Crippen LogP contribution in [0.15, 0.2) is 36.9 Å². The number of piperazine rings is 1. The van der Waals surface area contributed by atoms with E-state index in [1.807, 2.05) is 21.8 Å². The molecule has 0 aromatic carbocycles. The quantitative estimate of drug-likeness (QED) is 0.853. The molecular weight excluding hydrogens is 278 g/mol. The normalized spacial score (nSPS) is 16.0. The van der Waals surface area contributed by atoms with Gasteiger partial charge >= 0.3 is 0 Å². The van der Waals surface area contributed by atoms with E-state index in [0.29, 0.717) is 5.56 Å². The van der Waals surface area contributed by atoms with Crippen molar-refractivity contribution in [2.75, 3.05) is 26.2 Å². The molecule has 0 N–H and O–H groups in total. The van der Waals surface area contributed by atoms with Gasteiger partial charge in [0.25, 0.3) is 5.91 Å². The summed E-state index contributed by atoms with van der Waals surface area (Å²) in [7, 11) is 0. The van der Waals surface area contributed by atoms with Crippen LogP contribution in [0.25, 0.3) is 0 Å². The molecule has 1 fully saturated rings. The molecule has 6 nitrogen and oxygen atoms in total. The predicted octanol–water partition coefficient (Wildman–Crippen LogP) is 1.26. The summed E-state index contributed by atoms with van der Waals surface area (Å²) in [5, 5.41) is 4.30. The number of carbonyl (C=O) groups excluding carboxylic acids is 1. The summed E-state index contributed by atoms with van der Waals surface area (Å²) in [5.74, 6) is 0.0755. The molecule has 0 aliphatic carbocycles. The van der Waals surface area contributed by atoms with E-state index in [0.717, 1.165) is 39.3 Å². The monoisotopic (exact) mass is 299 g/mol. The Balaban J connectivity index is 1.53. The first kappa shape index (κ1) is 14.7. The van der Waals surface area contributed by atoms with Gasteiger partial charge in [-0.1, -0.05) is 0 Å². The largest absolute Gasteiger partial charge is 0.336 e. The molecule has 3 rings (SSSR count). The Morgan fingerprint density at radius 3 is 2.68 bits per heavy atom. The van der Waals surface area contributed by atoms with E-state index in [1.54, 1.807) is 18.5 Å². The lowest BCUT2D eigenvalue weighted by Crippen LogP contribution is -2.48. The number of rotatable bonds is 4. The van der Waals surface area contributed by atoms with E-state index < -0.39 is 0 Å². The maximum Gasteiger partial charge on any atom is 0.255 e. The molecule has 1 amide bonds. The van der Waals surface area contributed by atoms with Crippen LogP contribution in [0.3, 0.4) is 0 Å². The molecule has 116 valence electrons. The summed E-state index contributed by atoms with van der Waals surface area (Å²) in [5.41, 5.74) is 1.90. The van der Waals surface area contributed by atoms with E-state index in [2.05, 4.69) is 28.1 Å². The lowest BCUT2D eigenvalue weighted by Gasteiger charge is -2.34. The van der Waals surface area contributed by atoms with Crippen LogP contribution in [0.1, 0.15) is 22.8 Å². The summed E-state index contributed by atoms with van der Waals surface area (Å²) in [4.78, 5) is 20.6. The summed E-state index contributed by atoms with van der Waals surface area (Å²) in [6.07, 6.45) is 7.34. The van der Waals surface area contributed by atoms with Crippen LogP contribution >= 0.6 is 0 Å². The average Bonchev–Trinajstić information content (AvgIpc) is 3.03. The number of nitrogens with zero attached hydrogens (tertiary/aromatic N) is 5. The molecule has 22 heavy (non-hydrogen) atoms. The Morgan fingerprint density at radius 1 is 1.23 bits per heavy atom. The number of hydrogen-bond donors (Lipinski definition) is 0. The minimum absolute atomic E-state index is 0.0755. The molecular formula is C16H21N5O. The molecule has 0 spiro atoms. The molecule has 1 aliphatic rings. The van der Waals surface area contributed by atoms with Gasteiger partial charge in [0.1, 0.15) is 0 Å². The minimum Gasteiger partial charge on any atom is -0.336 e. The lowest BCUT2D eigenvalue weighted by molar-refractivity contribution is 0.0628. The second kappa shape index (κ2) is 6.70. The maximum atomic E-state index is 12.4. The Bertz CT molecular complexity index is 616. The van der Waals surface area contributed by atoms with Gasteiger partial charge in [0.05, 0.1) is 11.8 Å². The second-order valence-corrected chi connectivity index (χ2v) is 5.51. The third kappa shape index (κ3) is 3.33. The van der Waals surface area contributed by atoms with Crippen LogP contribution in [0.5, 0.6) is 0 Å². The molecule has 6 heteroatoms. The van der Waals surface area contributed by atoms with Crippen LogP contribution in [-0.2, 0) is 13.1 Å². The van der Waals surface area contributed by atoms with Crippen molar-refractivity contribution >= 4 is 5.91 Å². The van der Waals surface area contributed by atoms with Crippen LogP contribution in [0.4, 0.5) is 0 Å². The lowest BCUT2D eigenvalue weighted by atomic mass is 10.2. The first-order chi connectivity index (χ1) is 10.8. The average molecular weight is 299 g/mol. The summed E-state index contributed by atoms with van der Waals surface area (Å²) < 4.78 is 1.94. The topological polar surface area (TPSA) is 54.3 Å². The van der Waals surface area contributed by atoms with Crippen LogP contribution in [0.2, 0.25) is 0 Å². The third-order valence-corrected chi connectivity index (χ3v) is 3.98. The molecule has 1 saturated heterocycles. The highest BCUT2D eigenvalue weighted by atomic mass is 16.2. The maximum absolute atomic E-state index is 12.4. The molecule has 2 aromatic rings. The fourth-order valence-corrected chi connectivity index (χ4v) is 2.70. The zero-order valence-electron chi connectivity index (χ0n) is 12.9. The number of pyridine rings is 1. The van der Waals surface area contributed by atoms with Crippen LogP contribution < -0.4 is 0 Å². The van der Waals surface area contributed by atoms with Crippen molar-refractivity contribution in [3.8, 4) is 0 Å². The van der Waals surface area contributed by atoms with Gasteiger partial charge in [-0.2, -0.15) is 5.10 Å². The molecule has 3 heterocycles. The van der Waals surface area contributed by atoms with Gasteiger partial charge in [0.2, 0.25) is 0 Å². The van der Waals surface area contributed by atoms with Crippen molar-refractivity contribution < 1.29 is 4.79 Å². The Labute approximate surface area is 130 Å². The second-order valence-electron chi connectivity index (χ2n) is 5.51. The van der Waals surface area contributed by atoms with Gasteiger partial charge in [-0.15, -0.1) is 0 Å². The van der Waals surface area contributed by atoms with Gasteiger partial charge in [0.15, 0.2) is 0 Å². The van der Waals surface area contributed by atoms with E-state index in [4.69, 9.17) is 0 Å². The highest BCUT2D eigenvalue weighted by Crippen LogP contribution is 2.11. The first-order valence-corrected chi connectivity index (χ1v) is 7.69. The number of carbonyl (C=O) groups is 1. The molecule has 0 saturated carbocycles. The number of hydrogen-bond acceptors (Lipinski definition) is 4. The van der Waals surface area contributed by atoms with Gasteiger partial charge in [-0.3, -0.25) is 19.4 Å². The Kier molecular flexibility index (Phi) is 4.48. The van der Waals surface area contributed by atoms with Crippen LogP contribution in [-0.4, -0.2) is 56.7 Å². The highest BCUT2D eigenvalue weighted by molar-refractivity contribution is 5.93. The first-order valence-electron chi connectivity index (χ1n) is 7.69. The van der Waals surface area contributed by atoms with Crippen molar-refractivity contribution in [1.29, 1.82) is 0 Å². The molecule has 0 atom stereocenters. The standard InChI is InChI=1S/C16H21N5O/c1-2-21-13-14(10-18-21)12-19-6-8-20(9-7-19)16(22)15-4-3-5-17-11-15/h3-5,10-11,13H,2,6-9,12H2,1H3. The van der Waals surface area contributed by atoms with Gasteiger partial charge in [-0.25, -0.2) is 0 Å². The minimum atomic E-state index is 0.0755. The summed E-state index contributed by atoms with van der Waals surface area (Å²) >= 11 is 0. The van der Waals surface area contributed by atoms with Crippen LogP contribution in [0, 0.1) is 0 Å². The number of aromatic nitrogens is 3. The molecule has 0 bridgehead atoms. The van der Waals surface area contributed by atoms with Gasteiger partial charge < -0.3 is 4.90 Å². The van der Waals surface area contributed by atoms with Crippen molar-refractivity contribution in [3.05, 3.63) is 48.0 Å². The molecule has 0 radical (unpaired) electrons. The third-order valence-electron chi connectivity index (χ3n) is 3.98. The van der Waals surface area contributed by atoms with Gasteiger partial charge in [0, 0.05) is 63.4 Å². The number of amides is 1. The zero-order valence-corrected chi connectivity index (χ0v) is 12.9. The van der Waals surface area contributed by atoms with Crippen molar-refractivity contribution in [1.82, 2.24) is 24.6 Å². The SMILES string of the molecule is CCn1cc(CN2CCN(C(=O)c3cccnc3)CC2)cn1. The van der Waals surface area contributed by atoms with Gasteiger partial charge in [-0.05, 0) is 19.1 Å². The molecule has 0 unspecified atom stereocenters. The highest BCUT2D eigenvalue weighted by Gasteiger charge is 2.22. The van der Waals surface area contributed by atoms with E-state index in [1.165, 1.54) is 5.56 Å². The van der Waals surface area contributed by atoms with E-state index >= 15 is 0 Å². The smallest absolute Gasteiger partial charge is 0.255 e. The fraction of sp³-hybridized carbons (Fsp3) is 0.438. The molecule has 2 aromatic heterocycles. The van der Waals surface area contributed by atoms with Crippen molar-refractivity contribution in [2.45, 2.75) is 20.0 Å². The Morgan fingerprint density at radius 2 is 2.05 bits per heavy atom. The van der Waals surface area contributed by atoms with E-state index in [9.17, 15) is 4.79 Å². The van der Waals surface area contributed by atoms with Crippen molar-refractivity contribution in [2.24, 2.45) is 0 Å². The fourth-order valence-electron chi connectivity index (χ4n) is 2.70. The molecule has 1 aliphatic heterocycles.